The van der Waals surface area contributed by atoms with Gasteiger partial charge in [0.15, 0.2) is 0 Å². The highest BCUT2D eigenvalue weighted by atomic mass is 79.9. The number of rotatable bonds is 4. The third kappa shape index (κ3) is 3.34. The van der Waals surface area contributed by atoms with E-state index in [9.17, 15) is 14.9 Å². The topological polar surface area (TPSA) is 83.7 Å². The Balaban J connectivity index is 2.03. The van der Waals surface area contributed by atoms with E-state index in [-0.39, 0.29) is 30.5 Å². The van der Waals surface area contributed by atoms with Gasteiger partial charge in [-0.05, 0) is 12.0 Å². The Labute approximate surface area is 124 Å². The number of nitro groups is 1. The second-order valence-electron chi connectivity index (χ2n) is 4.89. The largest absolute Gasteiger partial charge is 0.396 e. The van der Waals surface area contributed by atoms with Crippen LogP contribution in [0.25, 0.3) is 0 Å². The van der Waals surface area contributed by atoms with Crippen LogP contribution in [0.5, 0.6) is 0 Å². The molecule has 0 aliphatic carbocycles. The minimum absolute atomic E-state index is 0.00501. The van der Waals surface area contributed by atoms with Gasteiger partial charge in [0, 0.05) is 42.2 Å². The first-order valence-electron chi connectivity index (χ1n) is 6.32. The molecule has 7 heteroatoms. The van der Waals surface area contributed by atoms with Crippen LogP contribution in [0.2, 0.25) is 0 Å². The number of nitrogens with zero attached hydrogens (tertiary/aromatic N) is 2. The molecule has 0 aromatic heterocycles. The second kappa shape index (κ2) is 6.32. The number of aliphatic hydroxyl groups excluding tert-OH is 1. The van der Waals surface area contributed by atoms with Gasteiger partial charge in [-0.25, -0.2) is 0 Å². The molecule has 1 amide bonds. The number of likely N-dealkylation sites (tertiary alicyclic amines) is 1. The van der Waals surface area contributed by atoms with Crippen molar-refractivity contribution in [2.45, 2.75) is 12.8 Å². The molecule has 108 valence electrons. The maximum absolute atomic E-state index is 12.1. The highest BCUT2D eigenvalue weighted by Gasteiger charge is 2.26. The maximum Gasteiger partial charge on any atom is 0.270 e. The van der Waals surface area contributed by atoms with Gasteiger partial charge in [0.2, 0.25) is 5.91 Å². The third-order valence-electron chi connectivity index (χ3n) is 3.49. The molecule has 1 saturated heterocycles. The van der Waals surface area contributed by atoms with Crippen LogP contribution in [0, 0.1) is 16.0 Å². The van der Waals surface area contributed by atoms with Gasteiger partial charge in [0.25, 0.3) is 5.69 Å². The quantitative estimate of drug-likeness (QED) is 0.667. The molecule has 1 aromatic carbocycles. The Hall–Kier alpha value is -1.47. The van der Waals surface area contributed by atoms with E-state index in [1.54, 1.807) is 11.0 Å². The number of hydrogen-bond acceptors (Lipinski definition) is 4. The lowest BCUT2D eigenvalue weighted by molar-refractivity contribution is -0.384. The lowest BCUT2D eigenvalue weighted by Gasteiger charge is -2.16. The summed E-state index contributed by atoms with van der Waals surface area (Å²) in [6, 6.07) is 4.40. The van der Waals surface area contributed by atoms with E-state index in [0.29, 0.717) is 17.6 Å². The average molecular weight is 343 g/mol. The van der Waals surface area contributed by atoms with Gasteiger partial charge in [0.05, 0.1) is 11.3 Å². The van der Waals surface area contributed by atoms with Crippen molar-refractivity contribution in [2.75, 3.05) is 19.7 Å². The Morgan fingerprint density at radius 1 is 1.55 bits per heavy atom. The van der Waals surface area contributed by atoms with Crippen LogP contribution in [0.4, 0.5) is 5.69 Å². The Morgan fingerprint density at radius 3 is 2.85 bits per heavy atom. The number of carbonyl (C=O) groups is 1. The summed E-state index contributed by atoms with van der Waals surface area (Å²) in [5.74, 6) is 0.148. The Kier molecular flexibility index (Phi) is 4.72. The predicted molar refractivity (Wildman–Crippen MR) is 76.3 cm³/mol. The molecular formula is C13H15BrN2O4. The molecule has 1 aliphatic rings. The first-order valence-corrected chi connectivity index (χ1v) is 7.12. The van der Waals surface area contributed by atoms with Gasteiger partial charge < -0.3 is 10.0 Å². The van der Waals surface area contributed by atoms with Crippen LogP contribution in [0.1, 0.15) is 12.0 Å². The van der Waals surface area contributed by atoms with Crippen LogP contribution in [0.3, 0.4) is 0 Å². The van der Waals surface area contributed by atoms with E-state index < -0.39 is 4.92 Å². The fraction of sp³-hybridized carbons (Fsp3) is 0.462. The standard InChI is InChI=1S/C13H15BrN2O4/c14-12-6-11(16(19)20)2-1-10(12)5-13(18)15-4-3-9(7-15)8-17/h1-2,6,9,17H,3-5,7-8H2. The summed E-state index contributed by atoms with van der Waals surface area (Å²) in [5.41, 5.74) is 0.725. The SMILES string of the molecule is O=C(Cc1ccc([N+](=O)[O-])cc1Br)N1CCC(CO)C1. The molecule has 1 fully saturated rings. The zero-order chi connectivity index (χ0) is 14.7. The van der Waals surface area contributed by atoms with Gasteiger partial charge in [-0.2, -0.15) is 0 Å². The van der Waals surface area contributed by atoms with Crippen LogP contribution < -0.4 is 0 Å². The smallest absolute Gasteiger partial charge is 0.270 e. The Bertz CT molecular complexity index is 535. The van der Waals surface area contributed by atoms with E-state index in [0.717, 1.165) is 12.0 Å². The summed E-state index contributed by atoms with van der Waals surface area (Å²) >= 11 is 3.26. The number of nitro benzene ring substituents is 1. The summed E-state index contributed by atoms with van der Waals surface area (Å²) < 4.78 is 0.568. The summed E-state index contributed by atoms with van der Waals surface area (Å²) in [7, 11) is 0. The van der Waals surface area contributed by atoms with E-state index in [2.05, 4.69) is 15.9 Å². The van der Waals surface area contributed by atoms with E-state index in [4.69, 9.17) is 5.11 Å². The summed E-state index contributed by atoms with van der Waals surface area (Å²) in [6.07, 6.45) is 1.03. The van der Waals surface area contributed by atoms with Crippen molar-refractivity contribution in [3.05, 3.63) is 38.3 Å². The first kappa shape index (κ1) is 14.9. The average Bonchev–Trinajstić information content (AvgIpc) is 2.89. The van der Waals surface area contributed by atoms with Crippen molar-refractivity contribution in [2.24, 2.45) is 5.92 Å². The predicted octanol–water partition coefficient (Wildman–Crippen LogP) is 1.74. The molecule has 2 rings (SSSR count). The molecule has 20 heavy (non-hydrogen) atoms. The van der Waals surface area contributed by atoms with Gasteiger partial charge in [0.1, 0.15) is 0 Å². The van der Waals surface area contributed by atoms with Crippen LogP contribution in [0.15, 0.2) is 22.7 Å². The van der Waals surface area contributed by atoms with Crippen molar-refractivity contribution in [3.63, 3.8) is 0 Å². The number of amides is 1. The lowest BCUT2D eigenvalue weighted by atomic mass is 10.1. The molecule has 6 nitrogen and oxygen atoms in total. The Morgan fingerprint density at radius 2 is 2.30 bits per heavy atom. The molecule has 1 heterocycles. The molecule has 1 N–H and O–H groups in total. The highest BCUT2D eigenvalue weighted by molar-refractivity contribution is 9.10. The molecular weight excluding hydrogens is 328 g/mol. The molecule has 0 spiro atoms. The zero-order valence-corrected chi connectivity index (χ0v) is 12.4. The van der Waals surface area contributed by atoms with Crippen LogP contribution >= 0.6 is 15.9 Å². The fourth-order valence-corrected chi connectivity index (χ4v) is 2.78. The van der Waals surface area contributed by atoms with Crippen molar-refractivity contribution < 1.29 is 14.8 Å². The monoisotopic (exact) mass is 342 g/mol. The minimum Gasteiger partial charge on any atom is -0.396 e. The molecule has 1 aliphatic heterocycles. The molecule has 0 bridgehead atoms. The number of benzene rings is 1. The second-order valence-corrected chi connectivity index (χ2v) is 5.74. The van der Waals surface area contributed by atoms with Gasteiger partial charge in [-0.3, -0.25) is 14.9 Å². The van der Waals surface area contributed by atoms with Gasteiger partial charge >= 0.3 is 0 Å². The lowest BCUT2D eigenvalue weighted by Crippen LogP contribution is -2.30. The number of non-ortho nitro benzene ring substituents is 1. The summed E-state index contributed by atoms with van der Waals surface area (Å²) in [4.78, 5) is 24.0. The maximum atomic E-state index is 12.1. The van der Waals surface area contributed by atoms with E-state index in [1.807, 2.05) is 0 Å². The summed E-state index contributed by atoms with van der Waals surface area (Å²) in [5, 5.41) is 19.7. The zero-order valence-electron chi connectivity index (χ0n) is 10.8. The molecule has 1 aromatic rings. The fourth-order valence-electron chi connectivity index (χ4n) is 2.28. The van der Waals surface area contributed by atoms with Crippen molar-refractivity contribution >= 4 is 27.5 Å². The normalized spacial score (nSPS) is 18.3. The van der Waals surface area contributed by atoms with Gasteiger partial charge in [-0.1, -0.05) is 22.0 Å². The van der Waals surface area contributed by atoms with Crippen molar-refractivity contribution in [1.82, 2.24) is 4.90 Å². The van der Waals surface area contributed by atoms with Crippen molar-refractivity contribution in [3.8, 4) is 0 Å². The minimum atomic E-state index is -0.470. The molecule has 1 atom stereocenters. The van der Waals surface area contributed by atoms with Crippen molar-refractivity contribution in [1.29, 1.82) is 0 Å². The number of aliphatic hydroxyl groups is 1. The van der Waals surface area contributed by atoms with Crippen LogP contribution in [-0.2, 0) is 11.2 Å². The van der Waals surface area contributed by atoms with E-state index >= 15 is 0 Å². The van der Waals surface area contributed by atoms with E-state index in [1.165, 1.54) is 12.1 Å². The molecule has 0 saturated carbocycles. The highest BCUT2D eigenvalue weighted by Crippen LogP contribution is 2.24. The third-order valence-corrected chi connectivity index (χ3v) is 4.22. The number of carbonyl (C=O) groups excluding carboxylic acids is 1. The van der Waals surface area contributed by atoms with Crippen LogP contribution in [-0.4, -0.2) is 40.5 Å². The molecule has 1 unspecified atom stereocenters. The molecule has 0 radical (unpaired) electrons. The number of halogens is 1. The first-order chi connectivity index (χ1) is 9.51. The number of hydrogen-bond donors (Lipinski definition) is 1. The van der Waals surface area contributed by atoms with Gasteiger partial charge in [-0.15, -0.1) is 0 Å². The summed E-state index contributed by atoms with van der Waals surface area (Å²) in [6.45, 7) is 1.35.